The summed E-state index contributed by atoms with van der Waals surface area (Å²) in [5.41, 5.74) is 0. The minimum atomic E-state index is -0.216. The Bertz CT molecular complexity index is 526. The molecule has 0 saturated carbocycles. The number of pyridine rings is 1. The fourth-order valence-corrected chi connectivity index (χ4v) is 3.32. The summed E-state index contributed by atoms with van der Waals surface area (Å²) in [5.74, 6) is 1.30. The van der Waals surface area contributed by atoms with E-state index in [1.807, 2.05) is 4.90 Å². The van der Waals surface area contributed by atoms with Gasteiger partial charge in [0.25, 0.3) is 5.91 Å². The molecule has 0 aromatic carbocycles. The van der Waals surface area contributed by atoms with Crippen LogP contribution in [-0.2, 0) is 9.53 Å². The first-order valence-electron chi connectivity index (χ1n) is 8.37. The number of amides is 1. The van der Waals surface area contributed by atoms with Gasteiger partial charge in [0, 0.05) is 38.2 Å². The van der Waals surface area contributed by atoms with E-state index in [-0.39, 0.29) is 12.0 Å². The van der Waals surface area contributed by atoms with Crippen LogP contribution in [0, 0.1) is 5.92 Å². The van der Waals surface area contributed by atoms with Crippen molar-refractivity contribution in [3.63, 3.8) is 0 Å². The Balaban J connectivity index is 1.43. The number of halogens is 1. The molecule has 6 heteroatoms. The monoisotopic (exact) mass is 338 g/mol. The largest absolute Gasteiger partial charge is 0.492 e. The molecule has 1 atom stereocenters. The molecule has 0 spiro atoms. The maximum Gasteiger partial charge on any atom is 0.251 e. The molecule has 2 aliphatic rings. The minimum Gasteiger partial charge on any atom is -0.492 e. The van der Waals surface area contributed by atoms with Crippen molar-refractivity contribution in [1.82, 2.24) is 9.88 Å². The molecule has 5 nitrogen and oxygen atoms in total. The molecule has 0 N–H and O–H groups in total. The molecule has 2 saturated heterocycles. The van der Waals surface area contributed by atoms with Gasteiger partial charge in [-0.15, -0.1) is 0 Å². The summed E-state index contributed by atoms with van der Waals surface area (Å²) in [6.07, 6.45) is 7.99. The molecular weight excluding hydrogens is 316 g/mol. The lowest BCUT2D eigenvalue weighted by Crippen LogP contribution is -2.46. The van der Waals surface area contributed by atoms with Crippen molar-refractivity contribution in [2.24, 2.45) is 5.92 Å². The Hall–Kier alpha value is -1.33. The number of ether oxygens (including phenoxy) is 2. The van der Waals surface area contributed by atoms with E-state index in [1.54, 1.807) is 18.5 Å². The van der Waals surface area contributed by atoms with Gasteiger partial charge in [0.05, 0.1) is 6.61 Å². The van der Waals surface area contributed by atoms with Gasteiger partial charge in [0.15, 0.2) is 0 Å². The number of piperidine rings is 1. The summed E-state index contributed by atoms with van der Waals surface area (Å²) in [5, 5.41) is 0.537. The number of carbonyl (C=O) groups excluding carboxylic acids is 1. The first kappa shape index (κ1) is 16.5. The highest BCUT2D eigenvalue weighted by molar-refractivity contribution is 6.31. The molecule has 2 fully saturated rings. The predicted molar refractivity (Wildman–Crippen MR) is 87.6 cm³/mol. The zero-order valence-corrected chi connectivity index (χ0v) is 14.0. The normalized spacial score (nSPS) is 22.8. The van der Waals surface area contributed by atoms with Crippen LogP contribution in [0.1, 0.15) is 32.1 Å². The number of nitrogens with zero attached hydrogens (tertiary/aromatic N) is 2. The number of carbonyl (C=O) groups is 1. The van der Waals surface area contributed by atoms with E-state index in [4.69, 9.17) is 21.1 Å². The van der Waals surface area contributed by atoms with Crippen LogP contribution in [0.2, 0.25) is 5.02 Å². The van der Waals surface area contributed by atoms with Crippen molar-refractivity contribution in [1.29, 1.82) is 0 Å². The molecule has 2 aliphatic heterocycles. The van der Waals surface area contributed by atoms with E-state index in [0.29, 0.717) is 29.9 Å². The molecule has 126 valence electrons. The molecule has 0 radical (unpaired) electrons. The van der Waals surface area contributed by atoms with Crippen molar-refractivity contribution in [2.45, 2.75) is 38.2 Å². The zero-order valence-electron chi connectivity index (χ0n) is 13.2. The lowest BCUT2D eigenvalue weighted by Gasteiger charge is -2.35. The molecule has 3 rings (SSSR count). The first-order chi connectivity index (χ1) is 11.2. The van der Waals surface area contributed by atoms with Crippen LogP contribution in [0.3, 0.4) is 0 Å². The fraction of sp³-hybridized carbons (Fsp3) is 0.647. The second-order valence-corrected chi connectivity index (χ2v) is 6.65. The summed E-state index contributed by atoms with van der Waals surface area (Å²) in [4.78, 5) is 18.3. The molecule has 3 heterocycles. The van der Waals surface area contributed by atoms with Gasteiger partial charge in [-0.2, -0.15) is 0 Å². The Morgan fingerprint density at radius 1 is 1.35 bits per heavy atom. The highest BCUT2D eigenvalue weighted by atomic mass is 35.5. The molecule has 0 bridgehead atoms. The molecule has 0 aliphatic carbocycles. The second kappa shape index (κ2) is 7.97. The summed E-state index contributed by atoms with van der Waals surface area (Å²) in [6.45, 7) is 2.92. The van der Waals surface area contributed by atoms with E-state index in [1.165, 1.54) is 0 Å². The lowest BCUT2D eigenvalue weighted by molar-refractivity contribution is -0.148. The molecular formula is C17H23ClN2O3. The number of hydrogen-bond acceptors (Lipinski definition) is 4. The fourth-order valence-electron chi connectivity index (χ4n) is 3.15. The van der Waals surface area contributed by atoms with Crippen molar-refractivity contribution in [2.75, 3.05) is 26.3 Å². The third-order valence-corrected chi connectivity index (χ3v) is 4.87. The summed E-state index contributed by atoms with van der Waals surface area (Å²) >= 11 is 6.04. The summed E-state index contributed by atoms with van der Waals surface area (Å²) in [6, 6.07) is 1.78. The van der Waals surface area contributed by atoms with Crippen molar-refractivity contribution in [3.8, 4) is 5.75 Å². The van der Waals surface area contributed by atoms with Crippen LogP contribution < -0.4 is 4.74 Å². The molecule has 23 heavy (non-hydrogen) atoms. The van der Waals surface area contributed by atoms with E-state index in [9.17, 15) is 4.79 Å². The molecule has 1 unspecified atom stereocenters. The summed E-state index contributed by atoms with van der Waals surface area (Å²) < 4.78 is 11.4. The Morgan fingerprint density at radius 3 is 2.87 bits per heavy atom. The quantitative estimate of drug-likeness (QED) is 0.847. The van der Waals surface area contributed by atoms with E-state index < -0.39 is 0 Å². The number of aromatic nitrogens is 1. The van der Waals surface area contributed by atoms with E-state index in [0.717, 1.165) is 45.2 Å². The maximum absolute atomic E-state index is 12.4. The third-order valence-electron chi connectivity index (χ3n) is 4.59. The Morgan fingerprint density at radius 2 is 2.17 bits per heavy atom. The van der Waals surface area contributed by atoms with E-state index >= 15 is 0 Å². The number of hydrogen-bond donors (Lipinski definition) is 0. The molecule has 1 aromatic rings. The number of rotatable bonds is 4. The van der Waals surface area contributed by atoms with Crippen LogP contribution in [0.4, 0.5) is 0 Å². The lowest BCUT2D eigenvalue weighted by atomic mass is 9.97. The highest BCUT2D eigenvalue weighted by Crippen LogP contribution is 2.25. The van der Waals surface area contributed by atoms with Gasteiger partial charge in [0.1, 0.15) is 16.9 Å². The smallest absolute Gasteiger partial charge is 0.251 e. The van der Waals surface area contributed by atoms with Gasteiger partial charge < -0.3 is 14.4 Å². The first-order valence-corrected chi connectivity index (χ1v) is 8.74. The van der Waals surface area contributed by atoms with Crippen LogP contribution in [-0.4, -0.2) is 48.2 Å². The summed E-state index contributed by atoms with van der Waals surface area (Å²) in [7, 11) is 0. The minimum absolute atomic E-state index is 0.168. The van der Waals surface area contributed by atoms with Crippen molar-refractivity contribution in [3.05, 3.63) is 23.5 Å². The van der Waals surface area contributed by atoms with E-state index in [2.05, 4.69) is 4.98 Å². The van der Waals surface area contributed by atoms with Crippen LogP contribution in [0.25, 0.3) is 0 Å². The topological polar surface area (TPSA) is 51.7 Å². The zero-order chi connectivity index (χ0) is 16.1. The van der Waals surface area contributed by atoms with Gasteiger partial charge in [-0.3, -0.25) is 9.78 Å². The standard InChI is InChI=1S/C17H23ClN2O3/c18-14-11-19-7-4-15(14)23-12-13-5-8-20(9-6-13)17(21)16-3-1-2-10-22-16/h4,7,11,13,16H,1-3,5-6,8-10,12H2. The van der Waals surface area contributed by atoms with Gasteiger partial charge in [-0.25, -0.2) is 0 Å². The van der Waals surface area contributed by atoms with Gasteiger partial charge in [-0.05, 0) is 38.0 Å². The SMILES string of the molecule is O=C(C1CCCCO1)N1CCC(COc2ccncc2Cl)CC1. The second-order valence-electron chi connectivity index (χ2n) is 6.24. The maximum atomic E-state index is 12.4. The average molecular weight is 339 g/mol. The van der Waals surface area contributed by atoms with Crippen LogP contribution >= 0.6 is 11.6 Å². The average Bonchev–Trinajstić information content (AvgIpc) is 2.62. The van der Waals surface area contributed by atoms with Crippen LogP contribution in [0.15, 0.2) is 18.5 Å². The predicted octanol–water partition coefficient (Wildman–Crippen LogP) is 2.92. The number of likely N-dealkylation sites (tertiary alicyclic amines) is 1. The Kier molecular flexibility index (Phi) is 5.73. The van der Waals surface area contributed by atoms with Crippen LogP contribution in [0.5, 0.6) is 5.75 Å². The highest BCUT2D eigenvalue weighted by Gasteiger charge is 2.30. The van der Waals surface area contributed by atoms with Gasteiger partial charge >= 0.3 is 0 Å². The van der Waals surface area contributed by atoms with Crippen molar-refractivity contribution >= 4 is 17.5 Å². The Labute approximate surface area is 141 Å². The van der Waals surface area contributed by atoms with Gasteiger partial charge in [-0.1, -0.05) is 11.6 Å². The third kappa shape index (κ3) is 4.36. The van der Waals surface area contributed by atoms with Crippen molar-refractivity contribution < 1.29 is 14.3 Å². The molecule has 1 amide bonds. The molecule has 1 aromatic heterocycles. The van der Waals surface area contributed by atoms with Gasteiger partial charge in [0.2, 0.25) is 0 Å².